The first kappa shape index (κ1) is 12.7. The predicted octanol–water partition coefficient (Wildman–Crippen LogP) is 2.20. The summed E-state index contributed by atoms with van der Waals surface area (Å²) in [6.07, 6.45) is 3.96. The van der Waals surface area contributed by atoms with E-state index in [1.165, 1.54) is 6.07 Å². The lowest BCUT2D eigenvalue weighted by molar-refractivity contribution is 0.487. The Hall–Kier alpha value is -1.75. The fourth-order valence-electron chi connectivity index (χ4n) is 1.93. The van der Waals surface area contributed by atoms with E-state index in [-0.39, 0.29) is 6.04 Å². The zero-order chi connectivity index (χ0) is 13.1. The van der Waals surface area contributed by atoms with Gasteiger partial charge in [0.05, 0.1) is 6.20 Å². The average Bonchev–Trinajstić information content (AvgIpc) is 2.78. The zero-order valence-corrected chi connectivity index (χ0v) is 10.3. The molecule has 2 aromatic rings. The Bertz CT molecular complexity index is 537. The number of rotatable bonds is 4. The van der Waals surface area contributed by atoms with Gasteiger partial charge in [0.15, 0.2) is 11.6 Å². The van der Waals surface area contributed by atoms with Crippen molar-refractivity contribution in [3.05, 3.63) is 53.4 Å². The molecule has 0 bridgehead atoms. The maximum absolute atomic E-state index is 13.6. The summed E-state index contributed by atoms with van der Waals surface area (Å²) in [6.45, 7) is 0. The Balaban J connectivity index is 2.23. The van der Waals surface area contributed by atoms with E-state index in [4.69, 9.17) is 0 Å². The van der Waals surface area contributed by atoms with Crippen LogP contribution in [0.4, 0.5) is 8.78 Å². The molecular weight excluding hydrogens is 236 g/mol. The van der Waals surface area contributed by atoms with Crippen LogP contribution in [0.5, 0.6) is 0 Å². The molecule has 0 radical (unpaired) electrons. The topological polar surface area (TPSA) is 29.9 Å². The van der Waals surface area contributed by atoms with Gasteiger partial charge in [-0.1, -0.05) is 12.1 Å². The van der Waals surface area contributed by atoms with Crippen LogP contribution in [0.25, 0.3) is 0 Å². The Morgan fingerprint density at radius 1 is 1.39 bits per heavy atom. The summed E-state index contributed by atoms with van der Waals surface area (Å²) in [7, 11) is 3.61. The lowest BCUT2D eigenvalue weighted by Crippen LogP contribution is -2.19. The summed E-state index contributed by atoms with van der Waals surface area (Å²) >= 11 is 0. The SMILES string of the molecule is CNC(Cc1cccc(F)c1F)c1cnn(C)c1. The molecule has 2 rings (SSSR count). The highest BCUT2D eigenvalue weighted by molar-refractivity contribution is 5.23. The smallest absolute Gasteiger partial charge is 0.162 e. The molecule has 1 N–H and O–H groups in total. The van der Waals surface area contributed by atoms with Crippen LogP contribution in [0.2, 0.25) is 0 Å². The minimum atomic E-state index is -0.812. The summed E-state index contributed by atoms with van der Waals surface area (Å²) in [4.78, 5) is 0. The summed E-state index contributed by atoms with van der Waals surface area (Å²) in [6, 6.07) is 4.15. The van der Waals surface area contributed by atoms with Gasteiger partial charge in [0, 0.05) is 24.8 Å². The second-order valence-electron chi connectivity index (χ2n) is 4.21. The van der Waals surface area contributed by atoms with Crippen LogP contribution in [0.3, 0.4) is 0 Å². The van der Waals surface area contributed by atoms with E-state index in [9.17, 15) is 8.78 Å². The van der Waals surface area contributed by atoms with Crippen molar-refractivity contribution in [1.82, 2.24) is 15.1 Å². The quantitative estimate of drug-likeness (QED) is 0.902. The Labute approximate surface area is 104 Å². The third kappa shape index (κ3) is 2.56. The molecular formula is C13H15F2N3. The molecule has 5 heteroatoms. The molecule has 0 saturated heterocycles. The van der Waals surface area contributed by atoms with Gasteiger partial charge in [0.1, 0.15) is 0 Å². The average molecular weight is 251 g/mol. The normalized spacial score (nSPS) is 12.7. The second kappa shape index (κ2) is 5.27. The van der Waals surface area contributed by atoms with Gasteiger partial charge in [-0.3, -0.25) is 4.68 Å². The molecule has 0 amide bonds. The summed E-state index contributed by atoms with van der Waals surface area (Å²) < 4.78 is 28.4. The van der Waals surface area contributed by atoms with Gasteiger partial charge >= 0.3 is 0 Å². The second-order valence-corrected chi connectivity index (χ2v) is 4.21. The lowest BCUT2D eigenvalue weighted by Gasteiger charge is -2.15. The number of aromatic nitrogens is 2. The van der Waals surface area contributed by atoms with E-state index in [1.54, 1.807) is 24.0 Å². The molecule has 0 aliphatic carbocycles. The van der Waals surface area contributed by atoms with Crippen LogP contribution in [0.15, 0.2) is 30.6 Å². The summed E-state index contributed by atoms with van der Waals surface area (Å²) in [5.41, 5.74) is 1.31. The molecule has 0 aliphatic heterocycles. The summed E-state index contributed by atoms with van der Waals surface area (Å²) in [5, 5.41) is 7.16. The van der Waals surface area contributed by atoms with Crippen molar-refractivity contribution in [2.45, 2.75) is 12.5 Å². The van der Waals surface area contributed by atoms with Crippen LogP contribution in [-0.4, -0.2) is 16.8 Å². The first-order valence-electron chi connectivity index (χ1n) is 5.70. The predicted molar refractivity (Wildman–Crippen MR) is 65.1 cm³/mol. The van der Waals surface area contributed by atoms with Gasteiger partial charge in [0.2, 0.25) is 0 Å². The van der Waals surface area contributed by atoms with Crippen molar-refractivity contribution in [2.75, 3.05) is 7.05 Å². The molecule has 1 aromatic heterocycles. The molecule has 0 spiro atoms. The maximum Gasteiger partial charge on any atom is 0.162 e. The van der Waals surface area contributed by atoms with E-state index in [0.717, 1.165) is 11.6 Å². The van der Waals surface area contributed by atoms with Crippen LogP contribution in [0, 0.1) is 11.6 Å². The van der Waals surface area contributed by atoms with Crippen molar-refractivity contribution in [2.24, 2.45) is 7.05 Å². The molecule has 96 valence electrons. The molecule has 1 heterocycles. The lowest BCUT2D eigenvalue weighted by atomic mass is 10.0. The van der Waals surface area contributed by atoms with Gasteiger partial charge in [-0.25, -0.2) is 8.78 Å². The van der Waals surface area contributed by atoms with Crippen molar-refractivity contribution in [3.8, 4) is 0 Å². The number of nitrogens with one attached hydrogen (secondary N) is 1. The Morgan fingerprint density at radius 3 is 2.78 bits per heavy atom. The Kier molecular flexibility index (Phi) is 3.72. The number of halogens is 2. The maximum atomic E-state index is 13.6. The minimum absolute atomic E-state index is 0.0880. The number of hydrogen-bond donors (Lipinski definition) is 1. The third-order valence-electron chi connectivity index (χ3n) is 2.93. The van der Waals surface area contributed by atoms with E-state index in [2.05, 4.69) is 10.4 Å². The van der Waals surface area contributed by atoms with E-state index >= 15 is 0 Å². The Morgan fingerprint density at radius 2 is 2.17 bits per heavy atom. The molecule has 1 atom stereocenters. The van der Waals surface area contributed by atoms with Crippen molar-refractivity contribution in [1.29, 1.82) is 0 Å². The number of nitrogens with zero attached hydrogens (tertiary/aromatic N) is 2. The van der Waals surface area contributed by atoms with Crippen LogP contribution in [-0.2, 0) is 13.5 Å². The van der Waals surface area contributed by atoms with Gasteiger partial charge < -0.3 is 5.32 Å². The monoisotopic (exact) mass is 251 g/mol. The molecule has 1 unspecified atom stereocenters. The largest absolute Gasteiger partial charge is 0.313 e. The van der Waals surface area contributed by atoms with E-state index in [0.29, 0.717) is 12.0 Å². The summed E-state index contributed by atoms with van der Waals surface area (Å²) in [5.74, 6) is -1.59. The van der Waals surface area contributed by atoms with E-state index in [1.807, 2.05) is 13.2 Å². The van der Waals surface area contributed by atoms with Crippen molar-refractivity contribution in [3.63, 3.8) is 0 Å². The van der Waals surface area contributed by atoms with Gasteiger partial charge in [-0.15, -0.1) is 0 Å². The molecule has 0 aliphatic rings. The number of benzene rings is 1. The van der Waals surface area contributed by atoms with Crippen molar-refractivity contribution < 1.29 is 8.78 Å². The fourth-order valence-corrected chi connectivity index (χ4v) is 1.93. The van der Waals surface area contributed by atoms with Crippen LogP contribution < -0.4 is 5.32 Å². The zero-order valence-electron chi connectivity index (χ0n) is 10.3. The fraction of sp³-hybridized carbons (Fsp3) is 0.308. The highest BCUT2D eigenvalue weighted by Gasteiger charge is 2.15. The number of likely N-dealkylation sites (N-methyl/N-ethyl adjacent to an activating group) is 1. The molecule has 1 aromatic carbocycles. The molecule has 18 heavy (non-hydrogen) atoms. The van der Waals surface area contributed by atoms with Gasteiger partial charge in [0.25, 0.3) is 0 Å². The van der Waals surface area contributed by atoms with Gasteiger partial charge in [-0.05, 0) is 25.1 Å². The van der Waals surface area contributed by atoms with Crippen LogP contribution in [0.1, 0.15) is 17.2 Å². The first-order valence-corrected chi connectivity index (χ1v) is 5.70. The first-order chi connectivity index (χ1) is 8.61. The highest BCUT2D eigenvalue weighted by Crippen LogP contribution is 2.20. The van der Waals surface area contributed by atoms with Crippen molar-refractivity contribution >= 4 is 0 Å². The molecule has 0 fully saturated rings. The number of aryl methyl sites for hydroxylation is 1. The van der Waals surface area contributed by atoms with E-state index < -0.39 is 11.6 Å². The van der Waals surface area contributed by atoms with Gasteiger partial charge in [-0.2, -0.15) is 5.10 Å². The highest BCUT2D eigenvalue weighted by atomic mass is 19.2. The molecule has 0 saturated carbocycles. The number of hydrogen-bond acceptors (Lipinski definition) is 2. The molecule has 3 nitrogen and oxygen atoms in total. The standard InChI is InChI=1S/C13H15F2N3/c1-16-12(10-7-17-18(2)8-10)6-9-4-3-5-11(14)13(9)15/h3-5,7-8,12,16H,6H2,1-2H3. The third-order valence-corrected chi connectivity index (χ3v) is 2.93. The van der Waals surface area contributed by atoms with Crippen LogP contribution >= 0.6 is 0 Å². The minimum Gasteiger partial charge on any atom is -0.313 e.